The van der Waals surface area contributed by atoms with Gasteiger partial charge in [0.2, 0.25) is 0 Å². The van der Waals surface area contributed by atoms with Gasteiger partial charge in [-0.15, -0.1) is 0 Å². The number of carboxylic acid groups (broad SMARTS) is 1. The Morgan fingerprint density at radius 2 is 1.88 bits per heavy atom. The standard InChI is InChI=1S/C17H18ClN3O3/c1-11-7-8-13(10-14(11)18)20-21-17(24)19-15(16(22)23)9-12-5-3-2-4-6-12/h2-8,10,15,20H,9H2,1H3,(H,22,23)(H2,19,21,24). The van der Waals surface area contributed by atoms with E-state index >= 15 is 0 Å². The lowest BCUT2D eigenvalue weighted by atomic mass is 10.1. The summed E-state index contributed by atoms with van der Waals surface area (Å²) in [6.45, 7) is 1.87. The highest BCUT2D eigenvalue weighted by molar-refractivity contribution is 6.31. The van der Waals surface area contributed by atoms with Crippen molar-refractivity contribution < 1.29 is 14.7 Å². The maximum absolute atomic E-state index is 11.9. The molecule has 0 aliphatic carbocycles. The fourth-order valence-electron chi connectivity index (χ4n) is 2.04. The Labute approximate surface area is 144 Å². The van der Waals surface area contributed by atoms with E-state index in [4.69, 9.17) is 11.6 Å². The van der Waals surface area contributed by atoms with Gasteiger partial charge in [-0.25, -0.2) is 9.59 Å². The first kappa shape index (κ1) is 17.6. The third-order valence-corrected chi connectivity index (χ3v) is 3.79. The first-order chi connectivity index (χ1) is 11.5. The van der Waals surface area contributed by atoms with Gasteiger partial charge in [0.15, 0.2) is 0 Å². The largest absolute Gasteiger partial charge is 0.480 e. The number of carbonyl (C=O) groups excluding carboxylic acids is 1. The first-order valence-electron chi connectivity index (χ1n) is 7.31. The molecule has 7 heteroatoms. The third-order valence-electron chi connectivity index (χ3n) is 3.38. The zero-order chi connectivity index (χ0) is 17.5. The fourth-order valence-corrected chi connectivity index (χ4v) is 2.22. The highest BCUT2D eigenvalue weighted by atomic mass is 35.5. The van der Waals surface area contributed by atoms with E-state index in [1.807, 2.05) is 37.3 Å². The van der Waals surface area contributed by atoms with Crippen LogP contribution in [0, 0.1) is 6.92 Å². The van der Waals surface area contributed by atoms with Gasteiger partial charge in [-0.2, -0.15) is 0 Å². The number of anilines is 1. The topological polar surface area (TPSA) is 90.5 Å². The molecular formula is C17H18ClN3O3. The second kappa shape index (κ2) is 8.21. The van der Waals surface area contributed by atoms with E-state index in [0.29, 0.717) is 10.7 Å². The molecule has 4 N–H and O–H groups in total. The molecule has 2 amide bonds. The van der Waals surface area contributed by atoms with Crippen LogP contribution in [0.2, 0.25) is 5.02 Å². The zero-order valence-corrected chi connectivity index (χ0v) is 13.8. The van der Waals surface area contributed by atoms with Crippen molar-refractivity contribution in [1.29, 1.82) is 0 Å². The Kier molecular flexibility index (Phi) is 6.03. The van der Waals surface area contributed by atoms with E-state index in [9.17, 15) is 14.7 Å². The average Bonchev–Trinajstić information content (AvgIpc) is 2.56. The van der Waals surface area contributed by atoms with E-state index in [1.165, 1.54) is 0 Å². The molecule has 2 aromatic carbocycles. The number of aryl methyl sites for hydroxylation is 1. The van der Waals surface area contributed by atoms with Gasteiger partial charge in [0.1, 0.15) is 6.04 Å². The van der Waals surface area contributed by atoms with Crippen molar-refractivity contribution in [2.45, 2.75) is 19.4 Å². The van der Waals surface area contributed by atoms with E-state index in [0.717, 1.165) is 11.1 Å². The number of carboxylic acids is 1. The summed E-state index contributed by atoms with van der Waals surface area (Å²) in [5, 5.41) is 12.2. The maximum Gasteiger partial charge on any atom is 0.334 e. The molecule has 0 saturated heterocycles. The molecule has 0 aromatic heterocycles. The molecule has 2 aromatic rings. The number of carbonyl (C=O) groups is 2. The van der Waals surface area contributed by atoms with E-state index in [1.54, 1.807) is 18.2 Å². The van der Waals surface area contributed by atoms with E-state index < -0.39 is 18.0 Å². The van der Waals surface area contributed by atoms with Gasteiger partial charge in [-0.3, -0.25) is 10.9 Å². The monoisotopic (exact) mass is 347 g/mol. The molecule has 0 saturated carbocycles. The summed E-state index contributed by atoms with van der Waals surface area (Å²) in [6, 6.07) is 12.6. The van der Waals surface area contributed by atoms with Crippen LogP contribution >= 0.6 is 11.6 Å². The van der Waals surface area contributed by atoms with Crippen molar-refractivity contribution in [3.05, 3.63) is 64.7 Å². The van der Waals surface area contributed by atoms with E-state index in [-0.39, 0.29) is 6.42 Å². The minimum Gasteiger partial charge on any atom is -0.480 e. The Morgan fingerprint density at radius 1 is 1.17 bits per heavy atom. The van der Waals surface area contributed by atoms with Gasteiger partial charge in [-0.05, 0) is 30.2 Å². The molecule has 0 fully saturated rings. The molecule has 0 radical (unpaired) electrons. The van der Waals surface area contributed by atoms with Crippen LogP contribution in [0.25, 0.3) is 0 Å². The van der Waals surface area contributed by atoms with Crippen LogP contribution in [-0.2, 0) is 11.2 Å². The Bertz CT molecular complexity index is 722. The second-order valence-electron chi connectivity index (χ2n) is 5.27. The molecule has 6 nitrogen and oxygen atoms in total. The van der Waals surface area contributed by atoms with Gasteiger partial charge < -0.3 is 10.4 Å². The smallest absolute Gasteiger partial charge is 0.334 e. The summed E-state index contributed by atoms with van der Waals surface area (Å²) < 4.78 is 0. The number of hydrazine groups is 1. The predicted octanol–water partition coefficient (Wildman–Crippen LogP) is 2.97. The highest BCUT2D eigenvalue weighted by Gasteiger charge is 2.20. The number of rotatable bonds is 6. The summed E-state index contributed by atoms with van der Waals surface area (Å²) in [5.41, 5.74) is 7.41. The minimum atomic E-state index is -1.10. The lowest BCUT2D eigenvalue weighted by Gasteiger charge is -2.16. The molecule has 126 valence electrons. The first-order valence-corrected chi connectivity index (χ1v) is 7.69. The Balaban J connectivity index is 1.90. The number of hydrogen-bond acceptors (Lipinski definition) is 3. The lowest BCUT2D eigenvalue weighted by molar-refractivity contribution is -0.139. The van der Waals surface area contributed by atoms with Gasteiger partial charge in [-0.1, -0.05) is 48.0 Å². The second-order valence-corrected chi connectivity index (χ2v) is 5.68. The number of urea groups is 1. The number of benzene rings is 2. The number of halogens is 1. The quantitative estimate of drug-likeness (QED) is 0.605. The van der Waals surface area contributed by atoms with Gasteiger partial charge in [0.25, 0.3) is 0 Å². The molecule has 1 atom stereocenters. The maximum atomic E-state index is 11.9. The van der Waals surface area contributed by atoms with Crippen LogP contribution in [-0.4, -0.2) is 23.1 Å². The van der Waals surface area contributed by atoms with Crippen LogP contribution in [0.1, 0.15) is 11.1 Å². The van der Waals surface area contributed by atoms with Crippen LogP contribution in [0.15, 0.2) is 48.5 Å². The molecular weight excluding hydrogens is 330 g/mol. The molecule has 2 rings (SSSR count). The number of nitrogens with one attached hydrogen (secondary N) is 3. The van der Waals surface area contributed by atoms with Gasteiger partial charge in [0.05, 0.1) is 5.69 Å². The highest BCUT2D eigenvalue weighted by Crippen LogP contribution is 2.19. The molecule has 0 bridgehead atoms. The molecule has 24 heavy (non-hydrogen) atoms. The van der Waals surface area contributed by atoms with Crippen LogP contribution in [0.5, 0.6) is 0 Å². The van der Waals surface area contributed by atoms with Crippen LogP contribution in [0.4, 0.5) is 10.5 Å². The SMILES string of the molecule is Cc1ccc(NNC(=O)NC(Cc2ccccc2)C(=O)O)cc1Cl. The Hall–Kier alpha value is -2.73. The summed E-state index contributed by atoms with van der Waals surface area (Å²) in [5.74, 6) is -1.10. The predicted molar refractivity (Wildman–Crippen MR) is 93.0 cm³/mol. The number of amides is 2. The normalized spacial score (nSPS) is 11.4. The zero-order valence-electron chi connectivity index (χ0n) is 13.0. The molecule has 0 aliphatic rings. The summed E-state index contributed by atoms with van der Waals surface area (Å²) >= 11 is 6.00. The number of hydrogen-bond donors (Lipinski definition) is 4. The molecule has 0 spiro atoms. The van der Waals surface area contributed by atoms with Crippen molar-refractivity contribution in [3.63, 3.8) is 0 Å². The fraction of sp³-hybridized carbons (Fsp3) is 0.176. The Morgan fingerprint density at radius 3 is 2.50 bits per heavy atom. The third kappa shape index (κ3) is 5.17. The van der Waals surface area contributed by atoms with Crippen molar-refractivity contribution in [2.24, 2.45) is 0 Å². The van der Waals surface area contributed by atoms with Crippen molar-refractivity contribution in [3.8, 4) is 0 Å². The van der Waals surface area contributed by atoms with Crippen molar-refractivity contribution in [2.75, 3.05) is 5.43 Å². The van der Waals surface area contributed by atoms with Gasteiger partial charge >= 0.3 is 12.0 Å². The van der Waals surface area contributed by atoms with Crippen molar-refractivity contribution >= 4 is 29.3 Å². The lowest BCUT2D eigenvalue weighted by Crippen LogP contribution is -2.48. The molecule has 1 unspecified atom stereocenters. The van der Waals surface area contributed by atoms with E-state index in [2.05, 4.69) is 16.2 Å². The van der Waals surface area contributed by atoms with Gasteiger partial charge in [0, 0.05) is 11.4 Å². The summed E-state index contributed by atoms with van der Waals surface area (Å²) in [6.07, 6.45) is 0.194. The minimum absolute atomic E-state index is 0.194. The van der Waals surface area contributed by atoms with Crippen LogP contribution in [0.3, 0.4) is 0 Å². The number of aliphatic carboxylic acids is 1. The van der Waals surface area contributed by atoms with Crippen LogP contribution < -0.4 is 16.2 Å². The van der Waals surface area contributed by atoms with Crippen molar-refractivity contribution in [1.82, 2.24) is 10.7 Å². The molecule has 0 aliphatic heterocycles. The molecule has 0 heterocycles. The summed E-state index contributed by atoms with van der Waals surface area (Å²) in [4.78, 5) is 23.2. The average molecular weight is 348 g/mol. The summed E-state index contributed by atoms with van der Waals surface area (Å²) in [7, 11) is 0.